The summed E-state index contributed by atoms with van der Waals surface area (Å²) in [6.07, 6.45) is 4.28. The molecule has 0 aromatic heterocycles. The molecule has 1 rings (SSSR count). The van der Waals surface area contributed by atoms with Gasteiger partial charge in [0.2, 0.25) is 0 Å². The third-order valence-corrected chi connectivity index (χ3v) is 2.60. The van der Waals surface area contributed by atoms with Gasteiger partial charge in [-0.25, -0.2) is 0 Å². The van der Waals surface area contributed by atoms with Crippen LogP contribution in [-0.4, -0.2) is 50.1 Å². The van der Waals surface area contributed by atoms with Crippen molar-refractivity contribution >= 4 is 0 Å². The van der Waals surface area contributed by atoms with Gasteiger partial charge in [-0.05, 0) is 34.0 Å². The van der Waals surface area contributed by atoms with Gasteiger partial charge in [-0.3, -0.25) is 0 Å². The minimum Gasteiger partial charge on any atom is -0.308 e. The monoisotopic (exact) mass is 156 g/mol. The molecule has 0 N–H and O–H groups in total. The molecule has 1 saturated carbocycles. The van der Waals surface area contributed by atoms with Crippen LogP contribution in [0.5, 0.6) is 0 Å². The van der Waals surface area contributed by atoms with Gasteiger partial charge in [0.05, 0.1) is 0 Å². The van der Waals surface area contributed by atoms with Gasteiger partial charge in [-0.15, -0.1) is 0 Å². The largest absolute Gasteiger partial charge is 0.308 e. The highest BCUT2D eigenvalue weighted by Gasteiger charge is 2.21. The second-order valence-corrected chi connectivity index (χ2v) is 3.87. The van der Waals surface area contributed by atoms with E-state index in [9.17, 15) is 0 Å². The van der Waals surface area contributed by atoms with E-state index in [-0.39, 0.29) is 0 Å². The van der Waals surface area contributed by atoms with Gasteiger partial charge in [-0.1, -0.05) is 6.42 Å². The smallest absolute Gasteiger partial charge is 0.0109 e. The first-order valence-electron chi connectivity index (χ1n) is 4.55. The Kier molecular flexibility index (Phi) is 3.34. The van der Waals surface area contributed by atoms with Crippen molar-refractivity contribution in [2.24, 2.45) is 0 Å². The van der Waals surface area contributed by atoms with E-state index in [4.69, 9.17) is 0 Å². The van der Waals surface area contributed by atoms with Gasteiger partial charge >= 0.3 is 0 Å². The first kappa shape index (κ1) is 9.01. The zero-order valence-corrected chi connectivity index (χ0v) is 8.01. The first-order valence-corrected chi connectivity index (χ1v) is 4.55. The van der Waals surface area contributed by atoms with Crippen molar-refractivity contribution in [1.82, 2.24) is 9.80 Å². The standard InChI is InChI=1S/C9H20N2/c1-10(2)7-8-11(3)9-5-4-6-9/h9H,4-8H2,1-3H3. The lowest BCUT2D eigenvalue weighted by molar-refractivity contribution is 0.148. The number of hydrogen-bond acceptors (Lipinski definition) is 2. The van der Waals surface area contributed by atoms with Crippen LogP contribution in [0.2, 0.25) is 0 Å². The summed E-state index contributed by atoms with van der Waals surface area (Å²) in [6.45, 7) is 2.41. The van der Waals surface area contributed by atoms with Gasteiger partial charge in [0.1, 0.15) is 0 Å². The van der Waals surface area contributed by atoms with E-state index in [0.29, 0.717) is 0 Å². The number of nitrogens with zero attached hydrogens (tertiary/aromatic N) is 2. The molecule has 2 heteroatoms. The van der Waals surface area contributed by atoms with E-state index in [0.717, 1.165) is 6.04 Å². The second kappa shape index (κ2) is 4.07. The maximum atomic E-state index is 2.49. The molecular weight excluding hydrogens is 136 g/mol. The van der Waals surface area contributed by atoms with Crippen molar-refractivity contribution in [2.45, 2.75) is 25.3 Å². The third kappa shape index (κ3) is 2.80. The molecule has 0 aromatic carbocycles. The van der Waals surface area contributed by atoms with Gasteiger partial charge in [-0.2, -0.15) is 0 Å². The number of hydrogen-bond donors (Lipinski definition) is 0. The Bertz CT molecular complexity index is 108. The number of rotatable bonds is 4. The molecule has 0 bridgehead atoms. The SMILES string of the molecule is CN(C)CCN(C)C1CCC1. The molecule has 11 heavy (non-hydrogen) atoms. The Labute approximate surface area is 70.2 Å². The van der Waals surface area contributed by atoms with E-state index in [2.05, 4.69) is 30.9 Å². The summed E-state index contributed by atoms with van der Waals surface area (Å²) in [5.41, 5.74) is 0. The molecule has 0 amide bonds. The molecule has 1 aliphatic carbocycles. The Morgan fingerprint density at radius 1 is 1.09 bits per heavy atom. The minimum atomic E-state index is 0.898. The molecule has 2 nitrogen and oxygen atoms in total. The Hall–Kier alpha value is -0.0800. The fourth-order valence-corrected chi connectivity index (χ4v) is 1.37. The average molecular weight is 156 g/mol. The molecule has 0 spiro atoms. The molecule has 1 aliphatic rings. The Morgan fingerprint density at radius 2 is 1.73 bits per heavy atom. The molecular formula is C9H20N2. The molecule has 0 saturated heterocycles. The zero-order valence-electron chi connectivity index (χ0n) is 8.01. The van der Waals surface area contributed by atoms with E-state index in [1.54, 1.807) is 0 Å². The number of likely N-dealkylation sites (N-methyl/N-ethyl adjacent to an activating group) is 2. The highest BCUT2D eigenvalue weighted by molar-refractivity contribution is 4.77. The molecule has 0 aliphatic heterocycles. The predicted molar refractivity (Wildman–Crippen MR) is 48.8 cm³/mol. The highest BCUT2D eigenvalue weighted by Crippen LogP contribution is 2.22. The second-order valence-electron chi connectivity index (χ2n) is 3.87. The average Bonchev–Trinajstić information content (AvgIpc) is 1.79. The van der Waals surface area contributed by atoms with Crippen LogP contribution in [0.1, 0.15) is 19.3 Å². The van der Waals surface area contributed by atoms with Crippen LogP contribution in [0, 0.1) is 0 Å². The van der Waals surface area contributed by atoms with Gasteiger partial charge in [0, 0.05) is 19.1 Å². The van der Waals surface area contributed by atoms with Crippen molar-refractivity contribution < 1.29 is 0 Å². The molecule has 0 radical (unpaired) electrons. The summed E-state index contributed by atoms with van der Waals surface area (Å²) >= 11 is 0. The van der Waals surface area contributed by atoms with E-state index in [1.807, 2.05) is 0 Å². The lowest BCUT2D eigenvalue weighted by Crippen LogP contribution is -2.40. The highest BCUT2D eigenvalue weighted by atomic mass is 15.2. The van der Waals surface area contributed by atoms with Crippen LogP contribution in [0.4, 0.5) is 0 Å². The quantitative estimate of drug-likeness (QED) is 0.600. The molecule has 1 fully saturated rings. The van der Waals surface area contributed by atoms with Crippen LogP contribution in [0.15, 0.2) is 0 Å². The van der Waals surface area contributed by atoms with Crippen LogP contribution < -0.4 is 0 Å². The lowest BCUT2D eigenvalue weighted by atomic mass is 9.92. The van der Waals surface area contributed by atoms with Crippen molar-refractivity contribution in [2.75, 3.05) is 34.2 Å². The summed E-state index contributed by atoms with van der Waals surface area (Å²) in [5, 5.41) is 0. The van der Waals surface area contributed by atoms with E-state index in [1.165, 1.54) is 32.4 Å². The third-order valence-electron chi connectivity index (χ3n) is 2.60. The van der Waals surface area contributed by atoms with Crippen LogP contribution >= 0.6 is 0 Å². The van der Waals surface area contributed by atoms with Crippen LogP contribution in [-0.2, 0) is 0 Å². The summed E-state index contributed by atoms with van der Waals surface area (Å²) in [5.74, 6) is 0. The maximum absolute atomic E-state index is 2.49. The molecule has 0 atom stereocenters. The van der Waals surface area contributed by atoms with E-state index >= 15 is 0 Å². The molecule has 0 heterocycles. The van der Waals surface area contributed by atoms with Gasteiger partial charge < -0.3 is 9.80 Å². The molecule has 0 aromatic rings. The zero-order chi connectivity index (χ0) is 8.27. The van der Waals surface area contributed by atoms with Gasteiger partial charge in [0.25, 0.3) is 0 Å². The minimum absolute atomic E-state index is 0.898. The lowest BCUT2D eigenvalue weighted by Gasteiger charge is -2.35. The Balaban J connectivity index is 2.05. The topological polar surface area (TPSA) is 6.48 Å². The van der Waals surface area contributed by atoms with Crippen LogP contribution in [0.25, 0.3) is 0 Å². The fraction of sp³-hybridized carbons (Fsp3) is 1.00. The van der Waals surface area contributed by atoms with Crippen molar-refractivity contribution in [3.63, 3.8) is 0 Å². The first-order chi connectivity index (χ1) is 5.20. The summed E-state index contributed by atoms with van der Waals surface area (Å²) in [6, 6.07) is 0.898. The predicted octanol–water partition coefficient (Wildman–Crippen LogP) is 1.03. The summed E-state index contributed by atoms with van der Waals surface area (Å²) < 4.78 is 0. The fourth-order valence-electron chi connectivity index (χ4n) is 1.37. The van der Waals surface area contributed by atoms with Crippen molar-refractivity contribution in [1.29, 1.82) is 0 Å². The normalized spacial score (nSPS) is 19.4. The van der Waals surface area contributed by atoms with Crippen LogP contribution in [0.3, 0.4) is 0 Å². The summed E-state index contributed by atoms with van der Waals surface area (Å²) in [7, 11) is 6.51. The van der Waals surface area contributed by atoms with E-state index < -0.39 is 0 Å². The van der Waals surface area contributed by atoms with Gasteiger partial charge in [0.15, 0.2) is 0 Å². The Morgan fingerprint density at radius 3 is 2.09 bits per heavy atom. The van der Waals surface area contributed by atoms with Crippen molar-refractivity contribution in [3.05, 3.63) is 0 Å². The molecule has 66 valence electrons. The maximum Gasteiger partial charge on any atom is 0.0109 e. The summed E-state index contributed by atoms with van der Waals surface area (Å²) in [4.78, 5) is 4.73. The van der Waals surface area contributed by atoms with Crippen molar-refractivity contribution in [3.8, 4) is 0 Å². The molecule has 0 unspecified atom stereocenters.